The first-order valence-corrected chi connectivity index (χ1v) is 51.5. The van der Waals surface area contributed by atoms with Crippen LogP contribution in [0.4, 0.5) is 0 Å². The van der Waals surface area contributed by atoms with Crippen molar-refractivity contribution in [2.75, 3.05) is 107 Å². The van der Waals surface area contributed by atoms with Gasteiger partial charge in [-0.05, 0) is 36.8 Å². The molecule has 3 atom stereocenters. The zero-order valence-electron chi connectivity index (χ0n) is 80.7. The van der Waals surface area contributed by atoms with Gasteiger partial charge in [0.25, 0.3) is 0 Å². The van der Waals surface area contributed by atoms with Crippen LogP contribution in [-0.2, 0) is 70.1 Å². The van der Waals surface area contributed by atoms with Gasteiger partial charge in [0.05, 0.1) is 79.3 Å². The molecule has 4 aromatic rings. The van der Waals surface area contributed by atoms with Crippen LogP contribution < -0.4 is 0 Å². The molecule has 0 bridgehead atoms. The van der Waals surface area contributed by atoms with Gasteiger partial charge in [0.2, 0.25) is 0 Å². The Morgan fingerprint density at radius 1 is 0.274 bits per heavy atom. The zero-order valence-corrected chi connectivity index (χ0v) is 80.7. The molecule has 2 fully saturated rings. The van der Waals surface area contributed by atoms with Crippen molar-refractivity contribution >= 4 is 0 Å². The first-order valence-electron chi connectivity index (χ1n) is 51.5. The predicted molar refractivity (Wildman–Crippen MR) is 519 cm³/mol. The van der Waals surface area contributed by atoms with E-state index in [1.807, 2.05) is 109 Å². The van der Waals surface area contributed by atoms with Crippen LogP contribution in [0, 0.1) is 0 Å². The third-order valence-electron chi connectivity index (χ3n) is 23.2. The van der Waals surface area contributed by atoms with Crippen LogP contribution in [0.3, 0.4) is 0 Å². The van der Waals surface area contributed by atoms with E-state index in [4.69, 9.17) is 67.1 Å². The van der Waals surface area contributed by atoms with Crippen LogP contribution >= 0.6 is 0 Å². The van der Waals surface area contributed by atoms with Gasteiger partial charge in [0.1, 0.15) is 30.5 Å². The summed E-state index contributed by atoms with van der Waals surface area (Å²) in [6.07, 6.45) is 75.7. The largest absolute Gasteiger partial charge is 0.394 e. The average Bonchev–Trinajstić information content (AvgIpc) is 0.872. The summed E-state index contributed by atoms with van der Waals surface area (Å²) in [5.41, 5.74) is 4.42. The molecular weight excluding hydrogens is 1550 g/mol. The lowest BCUT2D eigenvalue weighted by Gasteiger charge is -2.29. The Bertz CT molecular complexity index is 2600. The predicted octanol–water partition coefficient (Wildman–Crippen LogP) is 29.0. The van der Waals surface area contributed by atoms with Crippen LogP contribution in [0.15, 0.2) is 121 Å². The highest BCUT2D eigenvalue weighted by Gasteiger charge is 2.25. The van der Waals surface area contributed by atoms with E-state index in [1.54, 1.807) is 14.2 Å². The van der Waals surface area contributed by atoms with Crippen molar-refractivity contribution in [3.05, 3.63) is 144 Å². The molecule has 15 nitrogen and oxygen atoms in total. The third kappa shape index (κ3) is 76.0. The number of ether oxygens (including phenoxy) is 12. The molecule has 0 spiro atoms. The normalized spacial score (nSPS) is 15.8. The topological polar surface area (TPSA) is 171 Å². The molecule has 6 rings (SSSR count). The molecule has 0 saturated carbocycles. The molecule has 0 aliphatic carbocycles. The Labute approximate surface area is 761 Å². The van der Waals surface area contributed by atoms with Crippen molar-refractivity contribution in [3.8, 4) is 0 Å². The van der Waals surface area contributed by atoms with E-state index in [1.165, 1.54) is 339 Å². The first-order chi connectivity index (χ1) is 61.3. The smallest absolute Gasteiger partial charge is 0.184 e. The molecule has 2 heterocycles. The SMILES string of the molecule is CCCCCCCCCCCCCCCCOC(CO)COC.CCCCCCCCCCCCCCCCOC(CO)COCc1ccccc1.CCCCCCCCCCCCCCCCOC(COC)COCc1ccccc1.CCCCCCCCCCCCCCCCOC1COC(c2ccccc2)OC1.OC1COC(c2ccccc2)OC1. The fraction of sp³-hybridized carbons (Fsp3) is 0.780. The lowest BCUT2D eigenvalue weighted by molar-refractivity contribution is -0.230. The number of hydrogen-bond acceptors (Lipinski definition) is 15. The van der Waals surface area contributed by atoms with Gasteiger partial charge in [-0.1, -0.05) is 483 Å². The second-order valence-electron chi connectivity index (χ2n) is 35.1. The second kappa shape index (κ2) is 93.9. The van der Waals surface area contributed by atoms with E-state index in [2.05, 4.69) is 39.8 Å². The monoisotopic (exact) mass is 1740 g/mol. The van der Waals surface area contributed by atoms with Gasteiger partial charge in [-0.2, -0.15) is 0 Å². The number of unbranched alkanes of at least 4 members (excludes halogenated alkanes) is 52. The van der Waals surface area contributed by atoms with E-state index >= 15 is 0 Å². The van der Waals surface area contributed by atoms with E-state index in [0.29, 0.717) is 66.1 Å². The molecule has 2 aliphatic heterocycles. The van der Waals surface area contributed by atoms with Crippen LogP contribution in [0.1, 0.15) is 422 Å². The second-order valence-corrected chi connectivity index (χ2v) is 35.1. The van der Waals surface area contributed by atoms with Crippen molar-refractivity contribution in [1.29, 1.82) is 0 Å². The van der Waals surface area contributed by atoms with Gasteiger partial charge in [-0.25, -0.2) is 0 Å². The highest BCUT2D eigenvalue weighted by molar-refractivity contribution is 5.18. The van der Waals surface area contributed by atoms with Crippen LogP contribution in [0.25, 0.3) is 0 Å². The molecule has 0 amide bonds. The van der Waals surface area contributed by atoms with Crippen LogP contribution in [0.2, 0.25) is 0 Å². The van der Waals surface area contributed by atoms with E-state index < -0.39 is 6.10 Å². The van der Waals surface area contributed by atoms with Crippen LogP contribution in [-0.4, -0.2) is 153 Å². The first kappa shape index (κ1) is 116. The minimum absolute atomic E-state index is 0.0212. The molecular formula is C109H192O15. The average molecular weight is 1740 g/mol. The van der Waals surface area contributed by atoms with Gasteiger partial charge in [0, 0.05) is 51.8 Å². The van der Waals surface area contributed by atoms with Crippen molar-refractivity contribution in [3.63, 3.8) is 0 Å². The number of rotatable bonds is 80. The Morgan fingerprint density at radius 2 is 0.500 bits per heavy atom. The Hall–Kier alpha value is -3.72. The minimum atomic E-state index is -0.486. The van der Waals surface area contributed by atoms with E-state index in [0.717, 1.165) is 68.8 Å². The molecule has 124 heavy (non-hydrogen) atoms. The number of methoxy groups -OCH3 is 2. The number of hydrogen-bond donors (Lipinski definition) is 3. The Morgan fingerprint density at radius 3 is 0.774 bits per heavy atom. The summed E-state index contributed by atoms with van der Waals surface area (Å²) in [7, 11) is 3.36. The molecule has 2 aliphatic rings. The maximum Gasteiger partial charge on any atom is 0.184 e. The maximum atomic E-state index is 9.43. The number of aliphatic hydroxyl groups excluding tert-OH is 3. The van der Waals surface area contributed by atoms with E-state index in [9.17, 15) is 5.11 Å². The Kier molecular flexibility index (Phi) is 88.1. The number of aliphatic hydroxyl groups is 3. The highest BCUT2D eigenvalue weighted by Crippen LogP contribution is 2.26. The lowest BCUT2D eigenvalue weighted by Crippen LogP contribution is -2.33. The van der Waals surface area contributed by atoms with Gasteiger partial charge < -0.3 is 72.2 Å². The Balaban J connectivity index is 0.000000535. The summed E-state index contributed by atoms with van der Waals surface area (Å²) >= 11 is 0. The van der Waals surface area contributed by atoms with Crippen molar-refractivity contribution in [2.45, 2.75) is 444 Å². The van der Waals surface area contributed by atoms with Crippen molar-refractivity contribution < 1.29 is 72.2 Å². The van der Waals surface area contributed by atoms with Gasteiger partial charge in [-0.3, -0.25) is 0 Å². The fourth-order valence-electron chi connectivity index (χ4n) is 15.5. The minimum Gasteiger partial charge on any atom is -0.394 e. The van der Waals surface area contributed by atoms with Gasteiger partial charge in [-0.15, -0.1) is 0 Å². The molecule has 3 unspecified atom stereocenters. The lowest BCUT2D eigenvalue weighted by atomic mass is 10.0. The van der Waals surface area contributed by atoms with E-state index in [-0.39, 0.29) is 50.2 Å². The van der Waals surface area contributed by atoms with Crippen molar-refractivity contribution in [1.82, 2.24) is 0 Å². The molecule has 2 saturated heterocycles. The fourth-order valence-corrected chi connectivity index (χ4v) is 15.5. The molecule has 718 valence electrons. The standard InChI is InChI=1S/C27H48O3.C26H44O3.C26H46O3.C20H42O3.C10H12O3/c1-3-4-5-6-7-8-9-10-11-12-13-14-15-19-22-30-27(24-28-2)25-29-23-26-20-17-16-18-21-26;1-2-3-4-5-6-7-8-9-10-11-12-13-14-18-21-27-25-22-28-26(29-23-25)24-19-16-15-17-20-24;1-2-3-4-5-6-7-8-9-10-11-12-13-14-18-21-29-26(22-27)24-28-23-25-19-16-15-17-20-25;1-3-4-5-6-7-8-9-10-11-12-13-14-15-16-17-23-20(18-21)19-22-2;11-9-6-12-10(13-7-9)8-4-2-1-3-5-8/h16-18,20-21,27H,3-15,19,22-25H2,1-2H3;15-17,19-20,25-26H,2-14,18,21-23H2,1H3;15-17,19-20,26-27H,2-14,18,21-24H2,1H3;20-21H,3-19H2,1-2H3;1-5,9-11H,6-7H2. The molecule has 0 radical (unpaired) electrons. The summed E-state index contributed by atoms with van der Waals surface area (Å²) in [5, 5.41) is 27.6. The van der Waals surface area contributed by atoms with Crippen molar-refractivity contribution in [2.24, 2.45) is 0 Å². The summed E-state index contributed by atoms with van der Waals surface area (Å²) < 4.78 is 67.2. The maximum absolute atomic E-state index is 9.43. The quantitative estimate of drug-likeness (QED) is 0.0356. The number of benzene rings is 4. The summed E-state index contributed by atoms with van der Waals surface area (Å²) in [4.78, 5) is 0. The van der Waals surface area contributed by atoms with Gasteiger partial charge >= 0.3 is 0 Å². The zero-order chi connectivity index (χ0) is 88.9. The highest BCUT2D eigenvalue weighted by atomic mass is 16.7. The third-order valence-corrected chi connectivity index (χ3v) is 23.2. The molecule has 0 aromatic heterocycles. The molecule has 15 heteroatoms. The molecule has 4 aromatic carbocycles. The molecule has 3 N–H and O–H groups in total. The van der Waals surface area contributed by atoms with Crippen LogP contribution in [0.5, 0.6) is 0 Å². The summed E-state index contributed by atoms with van der Waals surface area (Å²) in [6, 6.07) is 40.2. The summed E-state index contributed by atoms with van der Waals surface area (Å²) in [6.45, 7) is 17.5. The van der Waals surface area contributed by atoms with Gasteiger partial charge in [0.15, 0.2) is 12.6 Å². The summed E-state index contributed by atoms with van der Waals surface area (Å²) in [5.74, 6) is 0.